The van der Waals surface area contributed by atoms with Gasteiger partial charge in [-0.1, -0.05) is 26.0 Å². The molecule has 0 radical (unpaired) electrons. The zero-order chi connectivity index (χ0) is 16.1. The summed E-state index contributed by atoms with van der Waals surface area (Å²) in [6.07, 6.45) is 0. The Labute approximate surface area is 137 Å². The molecule has 0 unspecified atom stereocenters. The predicted molar refractivity (Wildman–Crippen MR) is 94.6 cm³/mol. The highest BCUT2D eigenvalue weighted by molar-refractivity contribution is 7.10. The second-order valence-electron chi connectivity index (χ2n) is 6.02. The van der Waals surface area contributed by atoms with Gasteiger partial charge in [-0.25, -0.2) is 0 Å². The van der Waals surface area contributed by atoms with Crippen molar-refractivity contribution >= 4 is 22.9 Å². The second kappa shape index (κ2) is 7.56. The van der Waals surface area contributed by atoms with Gasteiger partial charge in [0.05, 0.1) is 6.54 Å². The average molecular weight is 316 g/mol. The molecule has 118 valence electrons. The maximum absolute atomic E-state index is 12.1. The van der Waals surface area contributed by atoms with E-state index < -0.39 is 0 Å². The molecule has 0 bridgehead atoms. The lowest BCUT2D eigenvalue weighted by Crippen LogP contribution is -2.29. The van der Waals surface area contributed by atoms with Crippen LogP contribution in [0.5, 0.6) is 0 Å². The van der Waals surface area contributed by atoms with Crippen molar-refractivity contribution in [2.45, 2.75) is 33.2 Å². The number of hydrogen-bond donors (Lipinski definition) is 1. The first-order valence-corrected chi connectivity index (χ1v) is 8.45. The monoisotopic (exact) mass is 316 g/mol. The first-order chi connectivity index (χ1) is 10.5. The van der Waals surface area contributed by atoms with E-state index in [0.717, 1.165) is 12.2 Å². The van der Waals surface area contributed by atoms with Gasteiger partial charge in [0, 0.05) is 17.1 Å². The van der Waals surface area contributed by atoms with E-state index in [9.17, 15) is 4.79 Å². The van der Waals surface area contributed by atoms with E-state index in [4.69, 9.17) is 0 Å². The molecule has 3 nitrogen and oxygen atoms in total. The number of rotatable bonds is 6. The normalized spacial score (nSPS) is 11.2. The predicted octanol–water partition coefficient (Wildman–Crippen LogP) is 4.25. The van der Waals surface area contributed by atoms with Crippen molar-refractivity contribution in [2.75, 3.05) is 18.9 Å². The Morgan fingerprint density at radius 2 is 1.91 bits per heavy atom. The van der Waals surface area contributed by atoms with E-state index in [1.807, 2.05) is 24.1 Å². The summed E-state index contributed by atoms with van der Waals surface area (Å²) in [6, 6.07) is 10.2. The summed E-state index contributed by atoms with van der Waals surface area (Å²) in [7, 11) is 1.97. The molecular formula is C18H24N2OS. The Morgan fingerprint density at radius 1 is 1.23 bits per heavy atom. The Hall–Kier alpha value is -1.65. The molecule has 0 aliphatic heterocycles. The second-order valence-corrected chi connectivity index (χ2v) is 7.02. The van der Waals surface area contributed by atoms with E-state index in [0.29, 0.717) is 12.5 Å². The number of carbonyl (C=O) groups is 1. The molecule has 22 heavy (non-hydrogen) atoms. The molecule has 1 heterocycles. The summed E-state index contributed by atoms with van der Waals surface area (Å²) in [6.45, 7) is 7.63. The van der Waals surface area contributed by atoms with Crippen LogP contribution >= 0.6 is 11.3 Å². The Kier molecular flexibility index (Phi) is 5.75. The molecule has 0 atom stereocenters. The quantitative estimate of drug-likeness (QED) is 0.864. The van der Waals surface area contributed by atoms with Crippen LogP contribution in [0.3, 0.4) is 0 Å². The minimum Gasteiger partial charge on any atom is -0.325 e. The molecule has 0 aliphatic carbocycles. The number of benzene rings is 1. The van der Waals surface area contributed by atoms with Crippen molar-refractivity contribution in [3.05, 3.63) is 51.7 Å². The van der Waals surface area contributed by atoms with E-state index in [1.54, 1.807) is 11.3 Å². The summed E-state index contributed by atoms with van der Waals surface area (Å²) in [4.78, 5) is 15.5. The van der Waals surface area contributed by atoms with Crippen molar-refractivity contribution in [1.82, 2.24) is 4.90 Å². The van der Waals surface area contributed by atoms with Crippen LogP contribution in [0.25, 0.3) is 0 Å². The maximum atomic E-state index is 12.1. The van der Waals surface area contributed by atoms with Crippen LogP contribution in [0.4, 0.5) is 5.69 Å². The minimum absolute atomic E-state index is 0.0222. The van der Waals surface area contributed by atoms with Crippen LogP contribution in [0.1, 0.15) is 35.8 Å². The highest BCUT2D eigenvalue weighted by Crippen LogP contribution is 2.18. The van der Waals surface area contributed by atoms with Gasteiger partial charge in [0.25, 0.3) is 0 Å². The lowest BCUT2D eigenvalue weighted by atomic mass is 10.0. The van der Waals surface area contributed by atoms with Gasteiger partial charge in [0.2, 0.25) is 5.91 Å². The molecule has 1 N–H and O–H groups in total. The Balaban J connectivity index is 1.85. The molecule has 0 aliphatic rings. The van der Waals surface area contributed by atoms with Gasteiger partial charge >= 0.3 is 0 Å². The van der Waals surface area contributed by atoms with Gasteiger partial charge in [-0.3, -0.25) is 9.69 Å². The number of aryl methyl sites for hydroxylation is 1. The fourth-order valence-corrected chi connectivity index (χ4v) is 3.25. The molecule has 1 amide bonds. The van der Waals surface area contributed by atoms with Crippen LogP contribution < -0.4 is 5.32 Å². The van der Waals surface area contributed by atoms with Gasteiger partial charge in [0.15, 0.2) is 0 Å². The van der Waals surface area contributed by atoms with Crippen molar-refractivity contribution < 1.29 is 4.79 Å². The number of thiophene rings is 1. The van der Waals surface area contributed by atoms with Crippen LogP contribution in [0, 0.1) is 6.92 Å². The van der Waals surface area contributed by atoms with Crippen molar-refractivity contribution in [2.24, 2.45) is 0 Å². The highest BCUT2D eigenvalue weighted by Gasteiger charge is 2.10. The number of nitrogens with zero attached hydrogens (tertiary/aromatic N) is 1. The maximum Gasteiger partial charge on any atom is 0.238 e. The summed E-state index contributed by atoms with van der Waals surface area (Å²) >= 11 is 1.74. The summed E-state index contributed by atoms with van der Waals surface area (Å²) < 4.78 is 0. The number of hydrogen-bond acceptors (Lipinski definition) is 3. The lowest BCUT2D eigenvalue weighted by molar-refractivity contribution is -0.117. The van der Waals surface area contributed by atoms with Gasteiger partial charge < -0.3 is 5.32 Å². The van der Waals surface area contributed by atoms with Crippen molar-refractivity contribution in [1.29, 1.82) is 0 Å². The number of anilines is 1. The fourth-order valence-electron chi connectivity index (χ4n) is 2.26. The molecule has 1 aromatic heterocycles. The van der Waals surface area contributed by atoms with Crippen LogP contribution in [0.15, 0.2) is 35.7 Å². The number of carbonyl (C=O) groups excluding carboxylic acids is 1. The zero-order valence-electron chi connectivity index (χ0n) is 13.7. The van der Waals surface area contributed by atoms with Crippen LogP contribution in [-0.4, -0.2) is 24.4 Å². The molecule has 4 heteroatoms. The number of amides is 1. The summed E-state index contributed by atoms with van der Waals surface area (Å²) in [5.74, 6) is 0.527. The number of likely N-dealkylation sites (N-methyl/N-ethyl adjacent to an activating group) is 1. The first kappa shape index (κ1) is 16.7. The standard InChI is InChI=1S/C18H24N2OS/c1-13(2)15-5-7-16(8-6-15)19-18(21)12-20(4)11-17-14(3)9-10-22-17/h5-10,13H,11-12H2,1-4H3,(H,19,21). The third-order valence-electron chi connectivity index (χ3n) is 3.66. The first-order valence-electron chi connectivity index (χ1n) is 7.57. The minimum atomic E-state index is 0.0222. The van der Waals surface area contributed by atoms with E-state index in [-0.39, 0.29) is 5.91 Å². The molecule has 0 saturated heterocycles. The van der Waals surface area contributed by atoms with Gasteiger partial charge in [-0.05, 0) is 54.6 Å². The van der Waals surface area contributed by atoms with E-state index in [1.165, 1.54) is 16.0 Å². The number of nitrogens with one attached hydrogen (secondary N) is 1. The molecular weight excluding hydrogens is 292 g/mol. The topological polar surface area (TPSA) is 32.3 Å². The Morgan fingerprint density at radius 3 is 2.45 bits per heavy atom. The molecule has 0 saturated carbocycles. The lowest BCUT2D eigenvalue weighted by Gasteiger charge is -2.16. The smallest absolute Gasteiger partial charge is 0.238 e. The average Bonchev–Trinajstić information content (AvgIpc) is 2.84. The summed E-state index contributed by atoms with van der Waals surface area (Å²) in [5, 5.41) is 5.05. The summed E-state index contributed by atoms with van der Waals surface area (Å²) in [5.41, 5.74) is 3.43. The van der Waals surface area contributed by atoms with Crippen molar-refractivity contribution in [3.8, 4) is 0 Å². The fraction of sp³-hybridized carbons (Fsp3) is 0.389. The third-order valence-corrected chi connectivity index (χ3v) is 4.66. The molecule has 1 aromatic carbocycles. The Bertz CT molecular complexity index is 616. The molecule has 2 aromatic rings. The molecule has 2 rings (SSSR count). The van der Waals surface area contributed by atoms with Crippen molar-refractivity contribution in [3.63, 3.8) is 0 Å². The molecule has 0 fully saturated rings. The molecule has 0 spiro atoms. The van der Waals surface area contributed by atoms with E-state index >= 15 is 0 Å². The van der Waals surface area contributed by atoms with Crippen LogP contribution in [0.2, 0.25) is 0 Å². The van der Waals surface area contributed by atoms with Crippen LogP contribution in [-0.2, 0) is 11.3 Å². The third kappa shape index (κ3) is 4.68. The van der Waals surface area contributed by atoms with Gasteiger partial charge in [0.1, 0.15) is 0 Å². The zero-order valence-corrected chi connectivity index (χ0v) is 14.5. The highest BCUT2D eigenvalue weighted by atomic mass is 32.1. The SMILES string of the molecule is Cc1ccsc1CN(C)CC(=O)Nc1ccc(C(C)C)cc1. The van der Waals surface area contributed by atoms with Gasteiger partial charge in [-0.2, -0.15) is 0 Å². The largest absolute Gasteiger partial charge is 0.325 e. The van der Waals surface area contributed by atoms with Gasteiger partial charge in [-0.15, -0.1) is 11.3 Å². The van der Waals surface area contributed by atoms with E-state index in [2.05, 4.69) is 49.7 Å².